The molecule has 0 aliphatic carbocycles. The molecule has 1 N–H and O–H groups in total. The number of aryl methyl sites for hydroxylation is 1. The van der Waals surface area contributed by atoms with Crippen LogP contribution in [0.3, 0.4) is 0 Å². The van der Waals surface area contributed by atoms with Crippen LogP contribution in [-0.4, -0.2) is 25.0 Å². The summed E-state index contributed by atoms with van der Waals surface area (Å²) in [5.41, 5.74) is 2.00. The Morgan fingerprint density at radius 1 is 1.00 bits per heavy atom. The van der Waals surface area contributed by atoms with Crippen LogP contribution in [0.15, 0.2) is 69.1 Å². The van der Waals surface area contributed by atoms with E-state index in [1.807, 2.05) is 6.92 Å². The lowest BCUT2D eigenvalue weighted by atomic mass is 10.1. The minimum atomic E-state index is -0.832. The lowest BCUT2D eigenvalue weighted by molar-refractivity contribution is -0.122. The molecule has 1 saturated heterocycles. The molecule has 0 saturated carbocycles. The van der Waals surface area contributed by atoms with Crippen molar-refractivity contribution in [1.29, 1.82) is 0 Å². The lowest BCUT2D eigenvalue weighted by Gasteiger charge is -2.27. The van der Waals surface area contributed by atoms with E-state index < -0.39 is 17.8 Å². The molecule has 1 aliphatic heterocycles. The van der Waals surface area contributed by atoms with Gasteiger partial charge in [-0.3, -0.25) is 14.9 Å². The van der Waals surface area contributed by atoms with Gasteiger partial charge in [0.05, 0.1) is 12.8 Å². The molecule has 36 heavy (non-hydrogen) atoms. The molecule has 0 bridgehead atoms. The third kappa shape index (κ3) is 5.34. The van der Waals surface area contributed by atoms with Crippen molar-refractivity contribution < 1.29 is 28.2 Å². The number of rotatable bonds is 6. The van der Waals surface area contributed by atoms with Gasteiger partial charge in [-0.1, -0.05) is 44.0 Å². The van der Waals surface area contributed by atoms with Gasteiger partial charge >= 0.3 is 6.03 Å². The molecule has 3 aromatic rings. The minimum Gasteiger partial charge on any atom is -0.493 e. The Kier molecular flexibility index (Phi) is 7.56. The van der Waals surface area contributed by atoms with Gasteiger partial charge in [0, 0.05) is 8.95 Å². The van der Waals surface area contributed by atoms with Crippen LogP contribution < -0.4 is 19.7 Å². The number of anilines is 1. The van der Waals surface area contributed by atoms with Gasteiger partial charge in [-0.05, 0) is 72.2 Å². The van der Waals surface area contributed by atoms with Gasteiger partial charge in [0.1, 0.15) is 18.0 Å². The molecule has 0 spiro atoms. The zero-order chi connectivity index (χ0) is 26.0. The van der Waals surface area contributed by atoms with Crippen molar-refractivity contribution in [3.8, 4) is 11.5 Å². The summed E-state index contributed by atoms with van der Waals surface area (Å²) in [5, 5.41) is 2.21. The van der Waals surface area contributed by atoms with Gasteiger partial charge in [0.25, 0.3) is 11.8 Å². The standard InChI is InChI=1S/C26H19Br2FN2O5/c1-14-8-18(6-7-20(14)27)31-25(33)19(24(32)30-26(31)34)10-16-11-22(35-2)23(12-21(16)28)36-13-15-4-3-5-17(29)9-15/h3-12H,13H2,1-2H3,(H,30,32,34)/b19-10+. The number of barbiturate groups is 1. The smallest absolute Gasteiger partial charge is 0.335 e. The maximum absolute atomic E-state index is 13.5. The molecule has 4 amide bonds. The molecule has 1 fully saturated rings. The molecule has 0 atom stereocenters. The monoisotopic (exact) mass is 616 g/mol. The number of imide groups is 2. The Bertz CT molecular complexity index is 1420. The Morgan fingerprint density at radius 2 is 1.78 bits per heavy atom. The van der Waals surface area contributed by atoms with Crippen LogP contribution >= 0.6 is 31.9 Å². The van der Waals surface area contributed by atoms with Gasteiger partial charge in [0.15, 0.2) is 11.5 Å². The molecule has 0 radical (unpaired) electrons. The number of carbonyl (C=O) groups excluding carboxylic acids is 3. The number of urea groups is 1. The van der Waals surface area contributed by atoms with E-state index in [-0.39, 0.29) is 18.0 Å². The highest BCUT2D eigenvalue weighted by Gasteiger charge is 2.37. The van der Waals surface area contributed by atoms with Crippen LogP contribution in [0.25, 0.3) is 6.08 Å². The second kappa shape index (κ2) is 10.6. The van der Waals surface area contributed by atoms with E-state index >= 15 is 0 Å². The van der Waals surface area contributed by atoms with Crippen molar-refractivity contribution in [2.45, 2.75) is 13.5 Å². The molecule has 0 aromatic heterocycles. The average Bonchev–Trinajstić information content (AvgIpc) is 2.83. The van der Waals surface area contributed by atoms with E-state index in [0.29, 0.717) is 32.8 Å². The first-order valence-electron chi connectivity index (χ1n) is 10.6. The van der Waals surface area contributed by atoms with Gasteiger partial charge in [-0.15, -0.1) is 0 Å². The molecular weight excluding hydrogens is 599 g/mol. The van der Waals surface area contributed by atoms with Crippen molar-refractivity contribution in [2.75, 3.05) is 12.0 Å². The number of ether oxygens (including phenoxy) is 2. The first kappa shape index (κ1) is 25.6. The van der Waals surface area contributed by atoms with Crippen LogP contribution in [0.1, 0.15) is 16.7 Å². The van der Waals surface area contributed by atoms with Crippen LogP contribution in [0, 0.1) is 12.7 Å². The molecule has 184 valence electrons. The predicted octanol–water partition coefficient (Wildman–Crippen LogP) is 5.91. The highest BCUT2D eigenvalue weighted by atomic mass is 79.9. The van der Waals surface area contributed by atoms with Crippen molar-refractivity contribution in [3.05, 3.63) is 91.6 Å². The quantitative estimate of drug-likeness (QED) is 0.274. The highest BCUT2D eigenvalue weighted by molar-refractivity contribution is 9.10. The molecule has 4 rings (SSSR count). The summed E-state index contributed by atoms with van der Waals surface area (Å²) in [5.74, 6) is -1.23. The summed E-state index contributed by atoms with van der Waals surface area (Å²) in [7, 11) is 1.45. The molecular formula is C26H19Br2FN2O5. The Hall–Kier alpha value is -3.50. The maximum Gasteiger partial charge on any atom is 0.335 e. The van der Waals surface area contributed by atoms with E-state index in [0.717, 1.165) is 14.9 Å². The topological polar surface area (TPSA) is 84.9 Å². The third-order valence-electron chi connectivity index (χ3n) is 5.37. The van der Waals surface area contributed by atoms with Gasteiger partial charge in [0.2, 0.25) is 0 Å². The van der Waals surface area contributed by atoms with Crippen LogP contribution in [0.5, 0.6) is 11.5 Å². The van der Waals surface area contributed by atoms with E-state index in [4.69, 9.17) is 9.47 Å². The number of hydrogen-bond donors (Lipinski definition) is 1. The van der Waals surface area contributed by atoms with E-state index in [9.17, 15) is 18.8 Å². The Morgan fingerprint density at radius 3 is 2.47 bits per heavy atom. The largest absolute Gasteiger partial charge is 0.493 e. The van der Waals surface area contributed by atoms with Crippen LogP contribution in [0.4, 0.5) is 14.9 Å². The fourth-order valence-electron chi connectivity index (χ4n) is 3.54. The summed E-state index contributed by atoms with van der Waals surface area (Å²) in [6.07, 6.45) is 1.37. The fraction of sp³-hybridized carbons (Fsp3) is 0.115. The number of nitrogens with one attached hydrogen (secondary N) is 1. The molecule has 1 heterocycles. The van der Waals surface area contributed by atoms with Gasteiger partial charge < -0.3 is 9.47 Å². The summed E-state index contributed by atoms with van der Waals surface area (Å²) in [4.78, 5) is 39.2. The molecule has 3 aromatic carbocycles. The van der Waals surface area contributed by atoms with Crippen molar-refractivity contribution in [1.82, 2.24) is 5.32 Å². The number of methoxy groups -OCH3 is 1. The predicted molar refractivity (Wildman–Crippen MR) is 139 cm³/mol. The maximum atomic E-state index is 13.5. The number of carbonyl (C=O) groups is 3. The third-order valence-corrected chi connectivity index (χ3v) is 6.94. The highest BCUT2D eigenvalue weighted by Crippen LogP contribution is 2.36. The Labute approximate surface area is 223 Å². The summed E-state index contributed by atoms with van der Waals surface area (Å²) < 4.78 is 26.0. The lowest BCUT2D eigenvalue weighted by Crippen LogP contribution is -2.54. The second-order valence-electron chi connectivity index (χ2n) is 7.83. The van der Waals surface area contributed by atoms with Crippen LogP contribution in [0.2, 0.25) is 0 Å². The molecule has 1 aliphatic rings. The first-order chi connectivity index (χ1) is 17.2. The normalized spacial score (nSPS) is 14.8. The second-order valence-corrected chi connectivity index (χ2v) is 9.54. The van der Waals surface area contributed by atoms with E-state index in [1.54, 1.807) is 42.5 Å². The number of halogens is 3. The average molecular weight is 618 g/mol. The number of hydrogen-bond acceptors (Lipinski definition) is 5. The van der Waals surface area contributed by atoms with E-state index in [2.05, 4.69) is 37.2 Å². The van der Waals surface area contributed by atoms with Crippen LogP contribution in [-0.2, 0) is 16.2 Å². The zero-order valence-electron chi connectivity index (χ0n) is 19.1. The summed E-state index contributed by atoms with van der Waals surface area (Å²) in [6.45, 7) is 1.93. The van der Waals surface area contributed by atoms with Gasteiger partial charge in [-0.25, -0.2) is 14.1 Å². The zero-order valence-corrected chi connectivity index (χ0v) is 22.3. The van der Waals surface area contributed by atoms with Crippen molar-refractivity contribution in [2.24, 2.45) is 0 Å². The van der Waals surface area contributed by atoms with Gasteiger partial charge in [-0.2, -0.15) is 0 Å². The Balaban J connectivity index is 1.65. The van der Waals surface area contributed by atoms with Crippen molar-refractivity contribution >= 4 is 61.5 Å². The molecule has 7 nitrogen and oxygen atoms in total. The number of amides is 4. The van der Waals surface area contributed by atoms with E-state index in [1.165, 1.54) is 25.3 Å². The molecule has 10 heteroatoms. The minimum absolute atomic E-state index is 0.103. The van der Waals surface area contributed by atoms with Crippen molar-refractivity contribution in [3.63, 3.8) is 0 Å². The summed E-state index contributed by atoms with van der Waals surface area (Å²) in [6, 6.07) is 13.4. The fourth-order valence-corrected chi connectivity index (χ4v) is 4.22. The summed E-state index contributed by atoms with van der Waals surface area (Å²) >= 11 is 6.83. The number of nitrogens with zero attached hydrogens (tertiary/aromatic N) is 1. The first-order valence-corrected chi connectivity index (χ1v) is 12.2. The number of benzene rings is 3. The SMILES string of the molecule is COc1cc(/C=C2\C(=O)NC(=O)N(c3ccc(Br)c(C)c3)C2=O)c(Br)cc1OCc1cccc(F)c1. The molecule has 0 unspecified atom stereocenters.